The lowest BCUT2D eigenvalue weighted by molar-refractivity contribution is -0.105. The number of carbonyl (C=O) groups excluding carboxylic acids is 1. The average Bonchev–Trinajstić information content (AvgIpc) is 2.23. The molecule has 0 spiro atoms. The third-order valence-corrected chi connectivity index (χ3v) is 2.00. The molecule has 0 unspecified atom stereocenters. The number of rotatable bonds is 6. The first-order valence-electron chi connectivity index (χ1n) is 5.00. The number of hydrogen-bond donors (Lipinski definition) is 2. The second kappa shape index (κ2) is 5.90. The highest BCUT2D eigenvalue weighted by Crippen LogP contribution is 2.23. The fourth-order valence-corrected chi connectivity index (χ4v) is 1.16. The molecule has 1 aromatic rings. The molecule has 0 radical (unpaired) electrons. The summed E-state index contributed by atoms with van der Waals surface area (Å²) in [6, 6.07) is 5.23. The van der Waals surface area contributed by atoms with E-state index in [1.165, 1.54) is 0 Å². The minimum absolute atomic E-state index is 0.510. The molecule has 0 heterocycles. The Morgan fingerprint density at radius 3 is 2.93 bits per heavy atom. The first-order valence-corrected chi connectivity index (χ1v) is 5.00. The van der Waals surface area contributed by atoms with E-state index in [1.54, 1.807) is 18.2 Å². The maximum atomic E-state index is 10.2. The van der Waals surface area contributed by atoms with Crippen LogP contribution in [-0.4, -0.2) is 13.0 Å². The topological polar surface area (TPSA) is 64.3 Å². The quantitative estimate of drug-likeness (QED) is 0.427. The molecule has 0 aromatic heterocycles. The number of amides is 1. The normalized spacial score (nSPS) is 9.67. The number of nitrogen functional groups attached to an aromatic ring is 1. The van der Waals surface area contributed by atoms with Gasteiger partial charge in [0.25, 0.3) is 0 Å². The standard InChI is InChI=1S/C11H16N2O2/c1-2-3-6-15-9-4-5-11(13-8-14)10(12)7-9/h4-5,7-8H,2-3,6,12H2,1H3,(H,13,14). The number of unbranched alkanes of at least 4 members (excludes halogenated alkanes) is 1. The van der Waals surface area contributed by atoms with Crippen molar-refractivity contribution < 1.29 is 9.53 Å². The van der Waals surface area contributed by atoms with Gasteiger partial charge in [-0.05, 0) is 18.6 Å². The summed E-state index contributed by atoms with van der Waals surface area (Å²) in [6.07, 6.45) is 2.72. The Bertz CT molecular complexity index is 326. The van der Waals surface area contributed by atoms with Gasteiger partial charge in [-0.1, -0.05) is 13.3 Å². The molecule has 0 saturated carbocycles. The van der Waals surface area contributed by atoms with Gasteiger partial charge < -0.3 is 15.8 Å². The monoisotopic (exact) mass is 208 g/mol. The van der Waals surface area contributed by atoms with Crippen LogP contribution in [0.25, 0.3) is 0 Å². The van der Waals surface area contributed by atoms with Crippen LogP contribution in [0.15, 0.2) is 18.2 Å². The molecule has 0 atom stereocenters. The van der Waals surface area contributed by atoms with E-state index in [1.807, 2.05) is 0 Å². The van der Waals surface area contributed by atoms with Crippen molar-refractivity contribution in [3.05, 3.63) is 18.2 Å². The lowest BCUT2D eigenvalue weighted by atomic mass is 10.2. The Balaban J connectivity index is 2.60. The molecule has 0 aliphatic heterocycles. The minimum Gasteiger partial charge on any atom is -0.494 e. The summed E-state index contributed by atoms with van der Waals surface area (Å²) in [5, 5.41) is 2.51. The number of benzene rings is 1. The van der Waals surface area contributed by atoms with E-state index in [9.17, 15) is 4.79 Å². The molecule has 0 fully saturated rings. The SMILES string of the molecule is CCCCOc1ccc(NC=O)c(N)c1. The fourth-order valence-electron chi connectivity index (χ4n) is 1.16. The zero-order chi connectivity index (χ0) is 11.1. The van der Waals surface area contributed by atoms with E-state index in [4.69, 9.17) is 10.5 Å². The lowest BCUT2D eigenvalue weighted by Gasteiger charge is -2.08. The lowest BCUT2D eigenvalue weighted by Crippen LogP contribution is -2.01. The zero-order valence-corrected chi connectivity index (χ0v) is 8.82. The second-order valence-corrected chi connectivity index (χ2v) is 3.21. The largest absolute Gasteiger partial charge is 0.494 e. The summed E-state index contributed by atoms with van der Waals surface area (Å²) in [5.74, 6) is 0.734. The molecule has 0 aliphatic rings. The van der Waals surface area contributed by atoms with Gasteiger partial charge >= 0.3 is 0 Å². The van der Waals surface area contributed by atoms with Crippen molar-refractivity contribution in [1.82, 2.24) is 0 Å². The molecule has 0 bridgehead atoms. The molecule has 3 N–H and O–H groups in total. The Hall–Kier alpha value is -1.71. The Labute approximate surface area is 89.4 Å². The Morgan fingerprint density at radius 1 is 1.53 bits per heavy atom. The van der Waals surface area contributed by atoms with Crippen molar-refractivity contribution in [2.45, 2.75) is 19.8 Å². The summed E-state index contributed by atoms with van der Waals surface area (Å²) in [7, 11) is 0. The van der Waals surface area contributed by atoms with Crippen LogP contribution in [0.5, 0.6) is 5.75 Å². The van der Waals surface area contributed by atoms with Crippen LogP contribution in [0.2, 0.25) is 0 Å². The summed E-state index contributed by atoms with van der Waals surface area (Å²) < 4.78 is 5.46. The van der Waals surface area contributed by atoms with Gasteiger partial charge in [0.1, 0.15) is 5.75 Å². The van der Waals surface area contributed by atoms with Gasteiger partial charge in [-0.15, -0.1) is 0 Å². The molecule has 1 rings (SSSR count). The van der Waals surface area contributed by atoms with Crippen molar-refractivity contribution in [2.75, 3.05) is 17.7 Å². The van der Waals surface area contributed by atoms with Crippen LogP contribution in [0, 0.1) is 0 Å². The van der Waals surface area contributed by atoms with Crippen LogP contribution in [0.4, 0.5) is 11.4 Å². The highest BCUT2D eigenvalue weighted by atomic mass is 16.5. The van der Waals surface area contributed by atoms with Gasteiger partial charge in [0.2, 0.25) is 6.41 Å². The molecular formula is C11H16N2O2. The van der Waals surface area contributed by atoms with Gasteiger partial charge in [-0.2, -0.15) is 0 Å². The van der Waals surface area contributed by atoms with Crippen LogP contribution in [0.3, 0.4) is 0 Å². The number of carbonyl (C=O) groups is 1. The number of hydrogen-bond acceptors (Lipinski definition) is 3. The van der Waals surface area contributed by atoms with Crippen molar-refractivity contribution in [2.24, 2.45) is 0 Å². The van der Waals surface area contributed by atoms with Crippen LogP contribution < -0.4 is 15.8 Å². The van der Waals surface area contributed by atoms with Gasteiger partial charge in [0, 0.05) is 6.07 Å². The third-order valence-electron chi connectivity index (χ3n) is 2.00. The number of anilines is 2. The zero-order valence-electron chi connectivity index (χ0n) is 8.82. The van der Waals surface area contributed by atoms with E-state index in [0.29, 0.717) is 24.4 Å². The molecule has 82 valence electrons. The van der Waals surface area contributed by atoms with E-state index >= 15 is 0 Å². The first-order chi connectivity index (χ1) is 7.27. The van der Waals surface area contributed by atoms with Crippen LogP contribution in [0.1, 0.15) is 19.8 Å². The van der Waals surface area contributed by atoms with Gasteiger partial charge in [-0.25, -0.2) is 0 Å². The third kappa shape index (κ3) is 3.50. The molecule has 4 nitrogen and oxygen atoms in total. The summed E-state index contributed by atoms with van der Waals surface area (Å²) in [4.78, 5) is 10.2. The summed E-state index contributed by atoms with van der Waals surface area (Å²) in [5.41, 5.74) is 6.83. The van der Waals surface area contributed by atoms with Crippen molar-refractivity contribution in [1.29, 1.82) is 0 Å². The van der Waals surface area contributed by atoms with E-state index in [2.05, 4.69) is 12.2 Å². The molecule has 4 heteroatoms. The van der Waals surface area contributed by atoms with Crippen molar-refractivity contribution in [3.8, 4) is 5.75 Å². The van der Waals surface area contributed by atoms with E-state index in [0.717, 1.165) is 18.6 Å². The Kier molecular flexibility index (Phi) is 4.47. The number of nitrogens with two attached hydrogens (primary N) is 1. The fraction of sp³-hybridized carbons (Fsp3) is 0.364. The second-order valence-electron chi connectivity index (χ2n) is 3.21. The minimum atomic E-state index is 0.510. The van der Waals surface area contributed by atoms with Crippen molar-refractivity contribution >= 4 is 17.8 Å². The van der Waals surface area contributed by atoms with Crippen LogP contribution in [-0.2, 0) is 4.79 Å². The molecule has 0 aliphatic carbocycles. The predicted octanol–water partition coefficient (Wildman–Crippen LogP) is 2.02. The smallest absolute Gasteiger partial charge is 0.211 e. The highest BCUT2D eigenvalue weighted by Gasteiger charge is 2.00. The van der Waals surface area contributed by atoms with Gasteiger partial charge in [0.05, 0.1) is 18.0 Å². The average molecular weight is 208 g/mol. The van der Waals surface area contributed by atoms with Gasteiger partial charge in [-0.3, -0.25) is 4.79 Å². The molecule has 0 saturated heterocycles. The summed E-state index contributed by atoms with van der Waals surface area (Å²) >= 11 is 0. The molecule has 1 amide bonds. The first kappa shape index (κ1) is 11.4. The Morgan fingerprint density at radius 2 is 2.33 bits per heavy atom. The van der Waals surface area contributed by atoms with Crippen LogP contribution >= 0.6 is 0 Å². The highest BCUT2D eigenvalue weighted by molar-refractivity contribution is 5.80. The molecule has 15 heavy (non-hydrogen) atoms. The van der Waals surface area contributed by atoms with Gasteiger partial charge in [0.15, 0.2) is 0 Å². The van der Waals surface area contributed by atoms with Crippen molar-refractivity contribution in [3.63, 3.8) is 0 Å². The van der Waals surface area contributed by atoms with E-state index in [-0.39, 0.29) is 0 Å². The number of ether oxygens (including phenoxy) is 1. The summed E-state index contributed by atoms with van der Waals surface area (Å²) in [6.45, 7) is 2.80. The maximum Gasteiger partial charge on any atom is 0.211 e. The predicted molar refractivity (Wildman–Crippen MR) is 60.9 cm³/mol. The molecule has 1 aromatic carbocycles. The maximum absolute atomic E-state index is 10.2. The van der Waals surface area contributed by atoms with E-state index < -0.39 is 0 Å². The molecular weight excluding hydrogens is 192 g/mol. The number of nitrogens with one attached hydrogen (secondary N) is 1.